The number of nitrogens with one attached hydrogen (secondary N) is 1. The molecule has 34 heavy (non-hydrogen) atoms. The molecule has 0 aliphatic rings. The van der Waals surface area contributed by atoms with E-state index in [1.54, 1.807) is 24.3 Å². The Morgan fingerprint density at radius 3 is 2.44 bits per heavy atom. The van der Waals surface area contributed by atoms with E-state index in [1.807, 2.05) is 55.5 Å². The predicted molar refractivity (Wildman–Crippen MR) is 132 cm³/mol. The normalized spacial score (nSPS) is 13.7. The minimum atomic E-state index is -2.02. The van der Waals surface area contributed by atoms with Crippen LogP contribution in [-0.4, -0.2) is 35.0 Å². The Labute approximate surface area is 200 Å². The second-order valence-corrected chi connectivity index (χ2v) is 9.95. The van der Waals surface area contributed by atoms with E-state index in [9.17, 15) is 14.5 Å². The molecule has 3 aromatic rings. The number of rotatable bonds is 13. The standard InChI is InChI=1S/C26H30NO6P/c1-19(22-8-5-9-23(14-22)26(29)30)27-15-24(28)18-34(31)17-21-10-12-25(13-11-21)33-32-16-20-6-3-2-4-7-20/h2-14,19,24,27-28,34H,15-18H2,1H3,(H,29,30)/t19?,24-/m0/s1. The van der Waals surface area contributed by atoms with E-state index in [0.717, 1.165) is 16.7 Å². The van der Waals surface area contributed by atoms with E-state index in [-0.39, 0.29) is 24.3 Å². The Morgan fingerprint density at radius 2 is 1.74 bits per heavy atom. The van der Waals surface area contributed by atoms with Crippen LogP contribution < -0.4 is 10.2 Å². The van der Waals surface area contributed by atoms with E-state index in [4.69, 9.17) is 14.9 Å². The third-order valence-electron chi connectivity index (χ3n) is 5.30. The SMILES string of the molecule is CC(NC[C@H](O)C[PH](=O)Cc1ccc(OOCc2ccccc2)cc1)c1cccc(C(=O)O)c1. The zero-order valence-corrected chi connectivity index (χ0v) is 20.0. The van der Waals surface area contributed by atoms with E-state index in [0.29, 0.717) is 18.5 Å². The number of aliphatic hydroxyl groups is 1. The van der Waals surface area contributed by atoms with Crippen molar-refractivity contribution in [1.29, 1.82) is 0 Å². The molecule has 3 aromatic carbocycles. The minimum Gasteiger partial charge on any atom is -0.478 e. The first-order valence-corrected chi connectivity index (χ1v) is 12.9. The maximum atomic E-state index is 12.5. The van der Waals surface area contributed by atoms with Crippen molar-refractivity contribution in [3.63, 3.8) is 0 Å². The number of carboxylic acids is 1. The summed E-state index contributed by atoms with van der Waals surface area (Å²) in [6.07, 6.45) is -0.161. The maximum absolute atomic E-state index is 12.5. The molecule has 0 aliphatic carbocycles. The molecule has 0 aliphatic heterocycles. The molecule has 3 atom stereocenters. The first-order chi connectivity index (χ1) is 16.4. The fourth-order valence-corrected chi connectivity index (χ4v) is 4.91. The van der Waals surface area contributed by atoms with Gasteiger partial charge in [0.1, 0.15) is 6.61 Å². The van der Waals surface area contributed by atoms with Crippen molar-refractivity contribution in [1.82, 2.24) is 5.32 Å². The molecule has 0 saturated heterocycles. The molecule has 0 fully saturated rings. The minimum absolute atomic E-state index is 0.145. The van der Waals surface area contributed by atoms with Crippen LogP contribution in [0.15, 0.2) is 78.9 Å². The highest BCUT2D eigenvalue weighted by Gasteiger charge is 2.14. The van der Waals surface area contributed by atoms with Crippen LogP contribution in [0.2, 0.25) is 0 Å². The van der Waals surface area contributed by atoms with Crippen LogP contribution in [0.25, 0.3) is 0 Å². The third-order valence-corrected chi connectivity index (χ3v) is 7.03. The lowest BCUT2D eigenvalue weighted by Crippen LogP contribution is -2.30. The van der Waals surface area contributed by atoms with Crippen LogP contribution in [0.3, 0.4) is 0 Å². The van der Waals surface area contributed by atoms with Crippen molar-refractivity contribution in [2.75, 3.05) is 12.7 Å². The summed E-state index contributed by atoms with van der Waals surface area (Å²) in [6, 6.07) is 23.4. The summed E-state index contributed by atoms with van der Waals surface area (Å²) in [5.41, 5.74) is 2.94. The van der Waals surface area contributed by atoms with Gasteiger partial charge in [0.2, 0.25) is 0 Å². The maximum Gasteiger partial charge on any atom is 0.335 e. The number of benzene rings is 3. The van der Waals surface area contributed by atoms with Gasteiger partial charge in [-0.05, 0) is 47.9 Å². The van der Waals surface area contributed by atoms with Gasteiger partial charge in [-0.25, -0.2) is 4.79 Å². The summed E-state index contributed by atoms with van der Waals surface area (Å²) in [7, 11) is -2.02. The van der Waals surface area contributed by atoms with Gasteiger partial charge in [-0.2, -0.15) is 4.89 Å². The Bertz CT molecular complexity index is 1070. The van der Waals surface area contributed by atoms with Crippen LogP contribution >= 0.6 is 7.80 Å². The molecule has 180 valence electrons. The molecule has 0 saturated carbocycles. The Hall–Kier alpha value is -2.96. The third kappa shape index (κ3) is 8.43. The highest BCUT2D eigenvalue weighted by molar-refractivity contribution is 7.43. The molecule has 8 heteroatoms. The molecule has 0 bridgehead atoms. The number of hydrogen-bond donors (Lipinski definition) is 3. The van der Waals surface area contributed by atoms with Crippen molar-refractivity contribution in [3.8, 4) is 5.75 Å². The number of carboxylic acid groups (broad SMARTS) is 1. The lowest BCUT2D eigenvalue weighted by molar-refractivity contribution is -0.217. The summed E-state index contributed by atoms with van der Waals surface area (Å²) in [6.45, 7) is 2.50. The van der Waals surface area contributed by atoms with Gasteiger partial charge in [-0.1, -0.05) is 54.6 Å². The highest BCUT2D eigenvalue weighted by atomic mass is 31.1. The number of aliphatic hydroxyl groups excluding tert-OH is 1. The Balaban J connectivity index is 1.38. The van der Waals surface area contributed by atoms with Gasteiger partial charge in [0.15, 0.2) is 5.75 Å². The highest BCUT2D eigenvalue weighted by Crippen LogP contribution is 2.28. The largest absolute Gasteiger partial charge is 0.478 e. The smallest absolute Gasteiger partial charge is 0.335 e. The van der Waals surface area contributed by atoms with Gasteiger partial charge in [0, 0.05) is 24.9 Å². The first kappa shape index (κ1) is 25.7. The van der Waals surface area contributed by atoms with Crippen molar-refractivity contribution < 1.29 is 29.3 Å². The Morgan fingerprint density at radius 1 is 1.00 bits per heavy atom. The summed E-state index contributed by atoms with van der Waals surface area (Å²) in [4.78, 5) is 21.7. The van der Waals surface area contributed by atoms with Crippen molar-refractivity contribution in [3.05, 3.63) is 101 Å². The van der Waals surface area contributed by atoms with Gasteiger partial charge >= 0.3 is 5.97 Å². The van der Waals surface area contributed by atoms with Gasteiger partial charge in [-0.3, -0.25) is 0 Å². The molecule has 7 nitrogen and oxygen atoms in total. The molecule has 0 radical (unpaired) electrons. The molecular weight excluding hydrogens is 453 g/mol. The first-order valence-electron chi connectivity index (χ1n) is 11.1. The van der Waals surface area contributed by atoms with Crippen molar-refractivity contribution in [2.24, 2.45) is 0 Å². The Kier molecular flexibility index (Phi) is 9.86. The van der Waals surface area contributed by atoms with Gasteiger partial charge in [0.25, 0.3) is 0 Å². The van der Waals surface area contributed by atoms with E-state index in [1.165, 1.54) is 6.07 Å². The van der Waals surface area contributed by atoms with Crippen LogP contribution in [0, 0.1) is 0 Å². The van der Waals surface area contributed by atoms with Crippen molar-refractivity contribution in [2.45, 2.75) is 31.8 Å². The molecule has 0 heterocycles. The monoisotopic (exact) mass is 483 g/mol. The average Bonchev–Trinajstić information content (AvgIpc) is 2.84. The van der Waals surface area contributed by atoms with Crippen LogP contribution in [0.1, 0.15) is 40.0 Å². The van der Waals surface area contributed by atoms with Crippen LogP contribution in [-0.2, 0) is 22.2 Å². The zero-order valence-electron chi connectivity index (χ0n) is 19.0. The van der Waals surface area contributed by atoms with Crippen molar-refractivity contribution >= 4 is 13.8 Å². The lowest BCUT2D eigenvalue weighted by atomic mass is 10.1. The quantitative estimate of drug-likeness (QED) is 0.184. The summed E-state index contributed by atoms with van der Waals surface area (Å²) in [5.74, 6) is -0.420. The molecule has 2 unspecified atom stereocenters. The molecule has 0 spiro atoms. The average molecular weight is 484 g/mol. The van der Waals surface area contributed by atoms with E-state index >= 15 is 0 Å². The second kappa shape index (κ2) is 13.1. The zero-order chi connectivity index (χ0) is 24.3. The molecule has 3 rings (SSSR count). The number of hydrogen-bond acceptors (Lipinski definition) is 6. The topological polar surface area (TPSA) is 105 Å². The molecular formula is C26H30NO6P. The predicted octanol–water partition coefficient (Wildman–Crippen LogP) is 4.67. The van der Waals surface area contributed by atoms with Crippen LogP contribution in [0.4, 0.5) is 0 Å². The second-order valence-electron chi connectivity index (χ2n) is 8.11. The lowest BCUT2D eigenvalue weighted by Gasteiger charge is -2.18. The van der Waals surface area contributed by atoms with E-state index < -0.39 is 19.9 Å². The van der Waals surface area contributed by atoms with Crippen LogP contribution in [0.5, 0.6) is 5.75 Å². The fraction of sp³-hybridized carbons (Fsp3) is 0.269. The number of aromatic carboxylic acids is 1. The van der Waals surface area contributed by atoms with E-state index in [2.05, 4.69) is 5.32 Å². The van der Waals surface area contributed by atoms with Gasteiger partial charge in [-0.15, -0.1) is 0 Å². The number of carbonyl (C=O) groups is 1. The summed E-state index contributed by atoms with van der Waals surface area (Å²) >= 11 is 0. The van der Waals surface area contributed by atoms with Gasteiger partial charge in [0.05, 0.1) is 19.5 Å². The molecule has 3 N–H and O–H groups in total. The summed E-state index contributed by atoms with van der Waals surface area (Å²) in [5, 5.41) is 22.6. The van der Waals surface area contributed by atoms with Gasteiger partial charge < -0.3 is 25.0 Å². The fourth-order valence-electron chi connectivity index (χ4n) is 3.41. The molecule has 0 amide bonds. The molecule has 0 aromatic heterocycles. The summed E-state index contributed by atoms with van der Waals surface area (Å²) < 4.78 is 12.5.